The first-order valence-electron chi connectivity index (χ1n) is 19.8. The molecule has 0 fully saturated rings. The molecule has 0 radical (unpaired) electrons. The molecular weight excluding hydrogens is 703 g/mol. The first kappa shape index (κ1) is 33.6. The molecule has 272 valence electrons. The minimum absolute atomic E-state index is 0.903. The Labute approximate surface area is 337 Å². The molecule has 0 atom stereocenters. The fraction of sp³-hybridized carbons (Fsp3) is 0. The molecule has 0 bridgehead atoms. The average Bonchev–Trinajstić information content (AvgIpc) is 3.69. The molecule has 11 rings (SSSR count). The van der Waals surface area contributed by atoms with Gasteiger partial charge in [0.05, 0.1) is 5.69 Å². The summed E-state index contributed by atoms with van der Waals surface area (Å²) in [5.41, 5.74) is 14.4. The Balaban J connectivity index is 1.05. The van der Waals surface area contributed by atoms with Crippen LogP contribution in [0, 0.1) is 0 Å². The lowest BCUT2D eigenvalue weighted by molar-refractivity contribution is 0.670. The third-order valence-electron chi connectivity index (χ3n) is 11.5. The molecule has 1 aromatic heterocycles. The second-order valence-electron chi connectivity index (χ2n) is 14.9. The van der Waals surface area contributed by atoms with E-state index < -0.39 is 0 Å². The number of hydrogen-bond acceptors (Lipinski definition) is 2. The van der Waals surface area contributed by atoms with Crippen LogP contribution in [0.5, 0.6) is 0 Å². The summed E-state index contributed by atoms with van der Waals surface area (Å²) in [5.74, 6) is 0. The van der Waals surface area contributed by atoms with Gasteiger partial charge < -0.3 is 9.32 Å². The molecule has 10 aromatic carbocycles. The number of anilines is 3. The van der Waals surface area contributed by atoms with E-state index >= 15 is 0 Å². The van der Waals surface area contributed by atoms with E-state index in [1.54, 1.807) is 0 Å². The Morgan fingerprint density at radius 1 is 0.293 bits per heavy atom. The molecule has 0 unspecified atom stereocenters. The summed E-state index contributed by atoms with van der Waals surface area (Å²) in [6, 6.07) is 80.7. The van der Waals surface area contributed by atoms with Gasteiger partial charge in [-0.3, -0.25) is 0 Å². The predicted molar refractivity (Wildman–Crippen MR) is 245 cm³/mol. The third kappa shape index (κ3) is 5.82. The summed E-state index contributed by atoms with van der Waals surface area (Å²) in [4.78, 5) is 2.39. The number of furan rings is 1. The summed E-state index contributed by atoms with van der Waals surface area (Å²) in [6.45, 7) is 0. The van der Waals surface area contributed by atoms with E-state index in [9.17, 15) is 0 Å². The van der Waals surface area contributed by atoms with E-state index in [0.29, 0.717) is 0 Å². The largest absolute Gasteiger partial charge is 0.455 e. The van der Waals surface area contributed by atoms with Crippen molar-refractivity contribution in [3.8, 4) is 44.5 Å². The van der Waals surface area contributed by atoms with Crippen molar-refractivity contribution in [3.63, 3.8) is 0 Å². The Kier molecular flexibility index (Phi) is 8.19. The number of nitrogens with zero attached hydrogens (tertiary/aromatic N) is 1. The summed E-state index contributed by atoms with van der Waals surface area (Å²) in [5, 5.41) is 7.25. The lowest BCUT2D eigenvalue weighted by Crippen LogP contribution is -2.11. The van der Waals surface area contributed by atoms with E-state index in [4.69, 9.17) is 4.42 Å². The molecule has 11 aromatic rings. The Morgan fingerprint density at radius 2 is 0.741 bits per heavy atom. The van der Waals surface area contributed by atoms with E-state index in [2.05, 4.69) is 217 Å². The highest BCUT2D eigenvalue weighted by Gasteiger charge is 2.19. The van der Waals surface area contributed by atoms with Crippen LogP contribution in [0.3, 0.4) is 0 Å². The van der Waals surface area contributed by atoms with Crippen LogP contribution in [0.2, 0.25) is 0 Å². The molecule has 0 saturated heterocycles. The van der Waals surface area contributed by atoms with Crippen LogP contribution < -0.4 is 4.90 Å². The smallest absolute Gasteiger partial charge is 0.143 e. The standard InChI is InChI=1S/C56H37NO/c1-3-19-46-38(13-1)15-10-23-48(46)40-29-33-44(34-30-40)57(45-35-31-41(32-36-45)49-24-11-16-39-14-2-4-20-47(39)49)54-27-7-5-21-50(54)42-17-9-18-43(37-42)51-25-12-26-53-52-22-6-8-28-55(52)58-56(51)53/h1-37H. The number of para-hydroxylation sites is 3. The van der Waals surface area contributed by atoms with Crippen LogP contribution in [0.25, 0.3) is 88.0 Å². The molecule has 0 aliphatic rings. The fourth-order valence-corrected chi connectivity index (χ4v) is 8.70. The maximum atomic E-state index is 6.48. The highest BCUT2D eigenvalue weighted by Crippen LogP contribution is 2.44. The molecule has 2 heteroatoms. The number of fused-ring (bicyclic) bond motifs is 5. The Morgan fingerprint density at radius 3 is 1.40 bits per heavy atom. The van der Waals surface area contributed by atoms with E-state index in [0.717, 1.165) is 61.3 Å². The minimum atomic E-state index is 0.903. The third-order valence-corrected chi connectivity index (χ3v) is 11.5. The molecule has 58 heavy (non-hydrogen) atoms. The van der Waals surface area contributed by atoms with E-state index in [-0.39, 0.29) is 0 Å². The lowest BCUT2D eigenvalue weighted by Gasteiger charge is -2.28. The van der Waals surface area contributed by atoms with Gasteiger partial charge >= 0.3 is 0 Å². The zero-order valence-electron chi connectivity index (χ0n) is 31.7. The maximum Gasteiger partial charge on any atom is 0.143 e. The van der Waals surface area contributed by atoms with Gasteiger partial charge in [0.15, 0.2) is 0 Å². The summed E-state index contributed by atoms with van der Waals surface area (Å²) in [6.07, 6.45) is 0. The SMILES string of the molecule is c1cc(-c2ccccc2N(c2ccc(-c3cccc4ccccc34)cc2)c2ccc(-c3cccc4ccccc34)cc2)cc(-c2cccc3c2oc2ccccc23)c1. The molecule has 0 aliphatic carbocycles. The molecule has 0 amide bonds. The second-order valence-corrected chi connectivity index (χ2v) is 14.9. The molecule has 1 heterocycles. The molecule has 0 spiro atoms. The Bertz CT molecular complexity index is 3150. The number of rotatable bonds is 7. The normalized spacial score (nSPS) is 11.4. The molecule has 2 nitrogen and oxygen atoms in total. The van der Waals surface area contributed by atoms with Gasteiger partial charge in [-0.05, 0) is 97.4 Å². The van der Waals surface area contributed by atoms with Crippen molar-refractivity contribution in [2.75, 3.05) is 4.90 Å². The van der Waals surface area contributed by atoms with E-state index in [1.165, 1.54) is 43.8 Å². The van der Waals surface area contributed by atoms with Crippen molar-refractivity contribution >= 4 is 60.5 Å². The Hall–Kier alpha value is -7.68. The summed E-state index contributed by atoms with van der Waals surface area (Å²) >= 11 is 0. The van der Waals surface area contributed by atoms with Gasteiger partial charge in [0.1, 0.15) is 11.2 Å². The van der Waals surface area contributed by atoms with Crippen LogP contribution in [0.15, 0.2) is 229 Å². The van der Waals surface area contributed by atoms with Crippen LogP contribution in [0.4, 0.5) is 17.1 Å². The minimum Gasteiger partial charge on any atom is -0.455 e. The van der Waals surface area contributed by atoms with Gasteiger partial charge in [-0.2, -0.15) is 0 Å². The first-order chi connectivity index (χ1) is 28.8. The molecular formula is C56H37NO. The van der Waals surface area contributed by atoms with Gasteiger partial charge in [0.25, 0.3) is 0 Å². The first-order valence-corrected chi connectivity index (χ1v) is 19.8. The van der Waals surface area contributed by atoms with Crippen LogP contribution in [-0.4, -0.2) is 0 Å². The lowest BCUT2D eigenvalue weighted by atomic mass is 9.95. The zero-order chi connectivity index (χ0) is 38.4. The van der Waals surface area contributed by atoms with Gasteiger partial charge in [0.2, 0.25) is 0 Å². The van der Waals surface area contributed by atoms with Crippen LogP contribution in [0.1, 0.15) is 0 Å². The van der Waals surface area contributed by atoms with Gasteiger partial charge in [0, 0.05) is 33.3 Å². The molecule has 0 N–H and O–H groups in total. The predicted octanol–water partition coefficient (Wildman–Crippen LogP) is 16.0. The molecule has 0 saturated carbocycles. The molecule has 0 aliphatic heterocycles. The second kappa shape index (κ2) is 14.1. The van der Waals surface area contributed by atoms with E-state index in [1.807, 2.05) is 12.1 Å². The zero-order valence-corrected chi connectivity index (χ0v) is 31.7. The van der Waals surface area contributed by atoms with Crippen molar-refractivity contribution in [2.45, 2.75) is 0 Å². The van der Waals surface area contributed by atoms with Gasteiger partial charge in [-0.1, -0.05) is 182 Å². The summed E-state index contributed by atoms with van der Waals surface area (Å²) < 4.78 is 6.48. The monoisotopic (exact) mass is 739 g/mol. The van der Waals surface area contributed by atoms with Crippen molar-refractivity contribution in [2.24, 2.45) is 0 Å². The topological polar surface area (TPSA) is 16.4 Å². The van der Waals surface area contributed by atoms with Crippen LogP contribution in [-0.2, 0) is 0 Å². The highest BCUT2D eigenvalue weighted by atomic mass is 16.3. The van der Waals surface area contributed by atoms with Crippen molar-refractivity contribution < 1.29 is 4.42 Å². The van der Waals surface area contributed by atoms with Crippen molar-refractivity contribution in [1.82, 2.24) is 0 Å². The quantitative estimate of drug-likeness (QED) is 0.162. The number of hydrogen-bond donors (Lipinski definition) is 0. The summed E-state index contributed by atoms with van der Waals surface area (Å²) in [7, 11) is 0. The highest BCUT2D eigenvalue weighted by molar-refractivity contribution is 6.10. The van der Waals surface area contributed by atoms with Crippen molar-refractivity contribution in [1.29, 1.82) is 0 Å². The van der Waals surface area contributed by atoms with Crippen molar-refractivity contribution in [3.05, 3.63) is 224 Å². The van der Waals surface area contributed by atoms with Crippen LogP contribution >= 0.6 is 0 Å². The maximum absolute atomic E-state index is 6.48. The van der Waals surface area contributed by atoms with Gasteiger partial charge in [-0.15, -0.1) is 0 Å². The number of benzene rings is 10. The average molecular weight is 740 g/mol. The van der Waals surface area contributed by atoms with Gasteiger partial charge in [-0.25, -0.2) is 0 Å². The fourth-order valence-electron chi connectivity index (χ4n) is 8.70.